The molecule has 0 radical (unpaired) electrons. The molecule has 0 unspecified atom stereocenters. The second-order valence-electron chi connectivity index (χ2n) is 8.30. The van der Waals surface area contributed by atoms with Crippen molar-refractivity contribution in [1.29, 1.82) is 5.26 Å². The number of nitriles is 1. The first-order valence-corrected chi connectivity index (χ1v) is 10.4. The first kappa shape index (κ1) is 19.2. The fourth-order valence-electron chi connectivity index (χ4n) is 3.79. The Morgan fingerprint density at radius 2 is 2.06 bits per heavy atom. The number of benzene rings is 1. The van der Waals surface area contributed by atoms with Gasteiger partial charge in [-0.2, -0.15) is 10.2 Å². The molecule has 0 bridgehead atoms. The van der Waals surface area contributed by atoms with Crippen LogP contribution in [0.4, 0.5) is 0 Å². The quantitative estimate of drug-likeness (QED) is 0.479. The van der Waals surface area contributed by atoms with E-state index >= 15 is 0 Å². The number of ether oxygens (including phenoxy) is 1. The van der Waals surface area contributed by atoms with Crippen LogP contribution in [0.2, 0.25) is 0 Å². The van der Waals surface area contributed by atoms with Crippen molar-refractivity contribution in [1.82, 2.24) is 24.1 Å². The molecular formula is C23H22N6O2. The van der Waals surface area contributed by atoms with Gasteiger partial charge in [-0.15, -0.1) is 0 Å². The van der Waals surface area contributed by atoms with E-state index in [0.717, 1.165) is 23.9 Å². The number of imidazole rings is 1. The minimum absolute atomic E-state index is 0.0904. The molecular weight excluding hydrogens is 392 g/mol. The molecule has 1 aliphatic rings. The molecule has 0 spiro atoms. The molecule has 1 aromatic carbocycles. The summed E-state index contributed by atoms with van der Waals surface area (Å²) in [5.74, 6) is 1.18. The Kier molecular flexibility index (Phi) is 4.66. The lowest BCUT2D eigenvalue weighted by atomic mass is 10.1. The second kappa shape index (κ2) is 7.51. The Bertz CT molecular complexity index is 1390. The summed E-state index contributed by atoms with van der Waals surface area (Å²) in [6.07, 6.45) is 5.42. The molecule has 0 saturated heterocycles. The molecule has 1 aliphatic carbocycles. The summed E-state index contributed by atoms with van der Waals surface area (Å²) in [4.78, 5) is 26.7. The van der Waals surface area contributed by atoms with Crippen LogP contribution >= 0.6 is 0 Å². The van der Waals surface area contributed by atoms with Gasteiger partial charge in [0.15, 0.2) is 5.82 Å². The van der Waals surface area contributed by atoms with Crippen molar-refractivity contribution in [3.63, 3.8) is 0 Å². The standard InChI is InChI=1S/C23H22N6O2/c1-14(2)13-31-22-17-5-3-4-15(10-24)21(17)26-20(27-22)12-28-19-11-25-9-8-18(19)29(23(28)30)16-6-7-16/h3-5,8-9,11,14,16H,6-7,12-13H2,1-2H3. The van der Waals surface area contributed by atoms with Gasteiger partial charge in [0.1, 0.15) is 6.07 Å². The molecule has 1 saturated carbocycles. The molecule has 31 heavy (non-hydrogen) atoms. The van der Waals surface area contributed by atoms with E-state index in [-0.39, 0.29) is 18.3 Å². The summed E-state index contributed by atoms with van der Waals surface area (Å²) < 4.78 is 9.46. The highest BCUT2D eigenvalue weighted by molar-refractivity contribution is 5.88. The van der Waals surface area contributed by atoms with Gasteiger partial charge in [-0.05, 0) is 37.0 Å². The number of nitrogens with zero attached hydrogens (tertiary/aromatic N) is 6. The zero-order valence-corrected chi connectivity index (χ0v) is 17.4. The molecule has 4 aromatic rings. The zero-order chi connectivity index (χ0) is 21.5. The number of hydrogen-bond acceptors (Lipinski definition) is 6. The lowest BCUT2D eigenvalue weighted by molar-refractivity contribution is 0.263. The highest BCUT2D eigenvalue weighted by Crippen LogP contribution is 2.36. The van der Waals surface area contributed by atoms with E-state index in [1.165, 1.54) is 0 Å². The van der Waals surface area contributed by atoms with E-state index in [0.29, 0.717) is 40.7 Å². The van der Waals surface area contributed by atoms with Gasteiger partial charge in [0.2, 0.25) is 5.88 Å². The summed E-state index contributed by atoms with van der Waals surface area (Å²) in [5.41, 5.74) is 2.52. The Morgan fingerprint density at radius 3 is 2.81 bits per heavy atom. The number of aromatic nitrogens is 5. The molecule has 8 heteroatoms. The molecule has 0 aliphatic heterocycles. The van der Waals surface area contributed by atoms with Gasteiger partial charge in [0.05, 0.1) is 46.8 Å². The second-order valence-corrected chi connectivity index (χ2v) is 8.30. The molecule has 5 rings (SSSR count). The monoisotopic (exact) mass is 414 g/mol. The van der Waals surface area contributed by atoms with Crippen molar-refractivity contribution in [2.75, 3.05) is 6.61 Å². The van der Waals surface area contributed by atoms with Crippen molar-refractivity contribution in [2.24, 2.45) is 5.92 Å². The van der Waals surface area contributed by atoms with Gasteiger partial charge >= 0.3 is 5.69 Å². The van der Waals surface area contributed by atoms with Crippen LogP contribution in [-0.4, -0.2) is 30.7 Å². The van der Waals surface area contributed by atoms with Crippen LogP contribution in [0.25, 0.3) is 21.9 Å². The molecule has 3 heterocycles. The molecule has 0 N–H and O–H groups in total. The largest absolute Gasteiger partial charge is 0.477 e. The lowest BCUT2D eigenvalue weighted by Crippen LogP contribution is -2.25. The highest BCUT2D eigenvalue weighted by Gasteiger charge is 2.29. The molecule has 8 nitrogen and oxygen atoms in total. The SMILES string of the molecule is CC(C)COc1nc(Cn2c(=O)n(C3CC3)c3ccncc32)nc2c(C#N)cccc12. The average Bonchev–Trinajstić information content (AvgIpc) is 3.57. The van der Waals surface area contributed by atoms with E-state index in [4.69, 9.17) is 4.74 Å². The van der Waals surface area contributed by atoms with Crippen LogP contribution in [0.1, 0.15) is 44.1 Å². The van der Waals surface area contributed by atoms with Crippen LogP contribution in [0.3, 0.4) is 0 Å². The van der Waals surface area contributed by atoms with Gasteiger partial charge in [-0.25, -0.2) is 9.78 Å². The predicted octanol–water partition coefficient (Wildman–Crippen LogP) is 3.43. The minimum Gasteiger partial charge on any atom is -0.477 e. The van der Waals surface area contributed by atoms with Gasteiger partial charge in [-0.3, -0.25) is 14.1 Å². The van der Waals surface area contributed by atoms with Crippen molar-refractivity contribution < 1.29 is 4.74 Å². The Labute approximate surface area is 178 Å². The molecule has 0 amide bonds. The first-order valence-electron chi connectivity index (χ1n) is 10.4. The summed E-state index contributed by atoms with van der Waals surface area (Å²) in [7, 11) is 0. The number of hydrogen-bond donors (Lipinski definition) is 0. The van der Waals surface area contributed by atoms with Gasteiger partial charge < -0.3 is 4.74 Å². The molecule has 0 atom stereocenters. The van der Waals surface area contributed by atoms with E-state index in [9.17, 15) is 10.1 Å². The van der Waals surface area contributed by atoms with Crippen molar-refractivity contribution in [3.8, 4) is 11.9 Å². The first-order chi connectivity index (χ1) is 15.1. The Balaban J connectivity index is 1.65. The zero-order valence-electron chi connectivity index (χ0n) is 17.4. The van der Waals surface area contributed by atoms with Crippen LogP contribution in [0.5, 0.6) is 5.88 Å². The summed E-state index contributed by atoms with van der Waals surface area (Å²) >= 11 is 0. The number of pyridine rings is 1. The van der Waals surface area contributed by atoms with Crippen LogP contribution in [-0.2, 0) is 6.54 Å². The van der Waals surface area contributed by atoms with Gasteiger partial charge in [0.25, 0.3) is 0 Å². The topological polar surface area (TPSA) is 98.6 Å². The normalized spacial score (nSPS) is 13.7. The number of fused-ring (bicyclic) bond motifs is 2. The lowest BCUT2D eigenvalue weighted by Gasteiger charge is -2.12. The fraction of sp³-hybridized carbons (Fsp3) is 0.348. The number of rotatable bonds is 6. The smallest absolute Gasteiger partial charge is 0.329 e. The Morgan fingerprint density at radius 1 is 1.23 bits per heavy atom. The van der Waals surface area contributed by atoms with Gasteiger partial charge in [-0.1, -0.05) is 19.9 Å². The Hall–Kier alpha value is -3.73. The van der Waals surface area contributed by atoms with Gasteiger partial charge in [0, 0.05) is 12.2 Å². The predicted molar refractivity (Wildman–Crippen MR) is 116 cm³/mol. The highest BCUT2D eigenvalue weighted by atomic mass is 16.5. The third kappa shape index (κ3) is 3.42. The van der Waals surface area contributed by atoms with Crippen LogP contribution in [0.15, 0.2) is 41.5 Å². The molecule has 3 aromatic heterocycles. The maximum absolute atomic E-state index is 13.2. The van der Waals surface area contributed by atoms with E-state index in [1.807, 2.05) is 16.7 Å². The van der Waals surface area contributed by atoms with Crippen molar-refractivity contribution in [2.45, 2.75) is 39.3 Å². The van der Waals surface area contributed by atoms with Crippen LogP contribution in [0, 0.1) is 17.2 Å². The molecule has 156 valence electrons. The van der Waals surface area contributed by atoms with E-state index < -0.39 is 0 Å². The average molecular weight is 414 g/mol. The summed E-state index contributed by atoms with van der Waals surface area (Å²) in [5, 5.41) is 10.3. The fourth-order valence-corrected chi connectivity index (χ4v) is 3.79. The summed E-state index contributed by atoms with van der Waals surface area (Å²) in [6.45, 7) is 4.79. The minimum atomic E-state index is -0.0904. The molecule has 1 fully saturated rings. The van der Waals surface area contributed by atoms with Crippen LogP contribution < -0.4 is 10.4 Å². The number of para-hydroxylation sites is 1. The van der Waals surface area contributed by atoms with Crippen molar-refractivity contribution in [3.05, 3.63) is 58.5 Å². The maximum atomic E-state index is 13.2. The summed E-state index contributed by atoms with van der Waals surface area (Å²) in [6, 6.07) is 9.68. The third-order valence-corrected chi connectivity index (χ3v) is 5.39. The van der Waals surface area contributed by atoms with Crippen molar-refractivity contribution >= 4 is 21.9 Å². The van der Waals surface area contributed by atoms with E-state index in [1.54, 1.807) is 29.1 Å². The van der Waals surface area contributed by atoms with E-state index in [2.05, 4.69) is 34.9 Å². The third-order valence-electron chi connectivity index (χ3n) is 5.39. The maximum Gasteiger partial charge on any atom is 0.329 e.